The van der Waals surface area contributed by atoms with Crippen molar-refractivity contribution in [2.45, 2.75) is 159 Å². The summed E-state index contributed by atoms with van der Waals surface area (Å²) in [5.74, 6) is -9.90. The molecule has 0 bridgehead atoms. The Morgan fingerprint density at radius 2 is 1.42 bits per heavy atom. The van der Waals surface area contributed by atoms with E-state index >= 15 is 0 Å². The van der Waals surface area contributed by atoms with Crippen molar-refractivity contribution in [3.8, 4) is 23.0 Å². The number of nitrogens with one attached hydrogen (secondary N) is 6. The van der Waals surface area contributed by atoms with Gasteiger partial charge in [-0.05, 0) is 68.2 Å². The topological polar surface area (TPSA) is 404 Å². The Hall–Kier alpha value is -8.08. The maximum atomic E-state index is 14.6. The second-order valence-corrected chi connectivity index (χ2v) is 23.6. The van der Waals surface area contributed by atoms with Gasteiger partial charge in [0.1, 0.15) is 71.5 Å². The summed E-state index contributed by atoms with van der Waals surface area (Å²) in [5.41, 5.74) is -4.22. The van der Waals surface area contributed by atoms with Crippen LogP contribution in [0, 0.1) is 11.8 Å². The molecule has 0 spiro atoms. The molecule has 2 fully saturated rings. The number of aromatic hydroxyl groups is 3. The molecule has 2 saturated heterocycles. The van der Waals surface area contributed by atoms with Gasteiger partial charge < -0.3 is 86.4 Å². The summed E-state index contributed by atoms with van der Waals surface area (Å²) in [4.78, 5) is 138. The van der Waals surface area contributed by atoms with Crippen LogP contribution in [-0.4, -0.2) is 195 Å². The first-order chi connectivity index (χ1) is 41.6. The molecule has 3 aromatic carbocycles. The van der Waals surface area contributed by atoms with Crippen molar-refractivity contribution in [1.82, 2.24) is 36.8 Å². The lowest BCUT2D eigenvalue weighted by Crippen LogP contribution is -2.61. The van der Waals surface area contributed by atoms with Gasteiger partial charge >= 0.3 is 0 Å². The van der Waals surface area contributed by atoms with Crippen LogP contribution >= 0.6 is 0 Å². The molecule has 88 heavy (non-hydrogen) atoms. The number of ether oxygens (including phenoxy) is 4. The fraction of sp³-hybridized carbons (Fsp3) is 0.541. The lowest BCUT2D eigenvalue weighted by atomic mass is 9.72. The number of carbonyl (C=O) groups is 10. The van der Waals surface area contributed by atoms with E-state index in [-0.39, 0.29) is 77.2 Å². The lowest BCUT2D eigenvalue weighted by Gasteiger charge is -2.43. The SMILES string of the molecule is COC[C@H](NC(=O)CNC(=O)[C@H](CC(C)C)NC(=O)[C@@H]1CCCN1C(C)=O)C(=O)N[C@@H](Cc1ccc(O)cc1)C(=O)N[C@@H](CC(C)C)C(=O)N[C@H]1C[C@H](O[C@H]2C[C@](O)(C(=O)CO)Cc3c(O)c4c(c(O)c32)C(=O)c2c(OC)cccc2C4=O)O[C@@H](C)[C@H]1O. The number of hydrogen-bond acceptors (Lipinski definition) is 20. The van der Waals surface area contributed by atoms with E-state index in [0.717, 1.165) is 0 Å². The molecule has 7 rings (SSSR count). The first-order valence-electron chi connectivity index (χ1n) is 29.2. The largest absolute Gasteiger partial charge is 0.508 e. The zero-order valence-corrected chi connectivity index (χ0v) is 50.3. The normalized spacial score (nSPS) is 22.7. The average molecular weight is 1230 g/mol. The number of nitrogens with zero attached hydrogens (tertiary/aromatic N) is 1. The summed E-state index contributed by atoms with van der Waals surface area (Å²) in [6.07, 6.45) is -6.44. The van der Waals surface area contributed by atoms with Gasteiger partial charge in [0, 0.05) is 63.0 Å². The highest BCUT2D eigenvalue weighted by Crippen LogP contribution is 2.52. The monoisotopic (exact) mass is 1230 g/mol. The molecule has 27 nitrogen and oxygen atoms in total. The van der Waals surface area contributed by atoms with Crippen LogP contribution in [0.25, 0.3) is 0 Å². The van der Waals surface area contributed by atoms with Gasteiger partial charge in [-0.25, -0.2) is 0 Å². The second-order valence-electron chi connectivity index (χ2n) is 23.6. The number of rotatable bonds is 25. The molecule has 12 N–H and O–H groups in total. The van der Waals surface area contributed by atoms with Crippen molar-refractivity contribution in [1.29, 1.82) is 0 Å². The van der Waals surface area contributed by atoms with E-state index in [9.17, 15) is 78.6 Å². The van der Waals surface area contributed by atoms with Crippen LogP contribution < -0.4 is 36.6 Å². The minimum absolute atomic E-state index is 0.000457. The van der Waals surface area contributed by atoms with Crippen molar-refractivity contribution in [3.05, 3.63) is 81.4 Å². The summed E-state index contributed by atoms with van der Waals surface area (Å²) in [7, 11) is 2.53. The van der Waals surface area contributed by atoms with Crippen LogP contribution in [0.3, 0.4) is 0 Å². The Labute approximate surface area is 507 Å². The number of amides is 7. The third kappa shape index (κ3) is 15.2. The summed E-state index contributed by atoms with van der Waals surface area (Å²) >= 11 is 0. The van der Waals surface area contributed by atoms with Crippen LogP contribution in [0.2, 0.25) is 0 Å². The fourth-order valence-electron chi connectivity index (χ4n) is 11.7. The van der Waals surface area contributed by atoms with Crippen LogP contribution in [0.4, 0.5) is 0 Å². The van der Waals surface area contributed by atoms with Crippen molar-refractivity contribution in [2.75, 3.05) is 40.5 Å². The number of carbonyl (C=O) groups excluding carboxylic acids is 10. The Morgan fingerprint density at radius 3 is 2.05 bits per heavy atom. The molecule has 2 heterocycles. The predicted octanol–water partition coefficient (Wildman–Crippen LogP) is -0.0880. The second kappa shape index (κ2) is 28.8. The van der Waals surface area contributed by atoms with E-state index in [1.54, 1.807) is 13.8 Å². The molecular formula is C61H79N7O20. The third-order valence-electron chi connectivity index (χ3n) is 16.1. The molecule has 0 saturated carbocycles. The van der Waals surface area contributed by atoms with Crippen LogP contribution in [0.15, 0.2) is 42.5 Å². The molecule has 7 amide bonds. The van der Waals surface area contributed by atoms with Crippen molar-refractivity contribution in [3.63, 3.8) is 0 Å². The quantitative estimate of drug-likeness (QED) is 0.0386. The van der Waals surface area contributed by atoms with Crippen LogP contribution in [0.5, 0.6) is 23.0 Å². The molecular weight excluding hydrogens is 1150 g/mol. The van der Waals surface area contributed by atoms with Crippen LogP contribution in [0.1, 0.15) is 135 Å². The van der Waals surface area contributed by atoms with E-state index in [2.05, 4.69) is 31.9 Å². The van der Waals surface area contributed by atoms with Gasteiger partial charge in [0.05, 0.1) is 55.2 Å². The molecule has 478 valence electrons. The number of fused-ring (bicyclic) bond motifs is 3. The molecule has 3 aromatic rings. The minimum atomic E-state index is -2.47. The van der Waals surface area contributed by atoms with E-state index in [4.69, 9.17) is 18.9 Å². The minimum Gasteiger partial charge on any atom is -0.508 e. The smallest absolute Gasteiger partial charge is 0.245 e. The average Bonchev–Trinajstić information content (AvgIpc) is 0.808. The number of ketones is 3. The number of aliphatic hydroxyl groups is 3. The lowest BCUT2D eigenvalue weighted by molar-refractivity contribution is -0.249. The van der Waals surface area contributed by atoms with E-state index in [0.29, 0.717) is 24.9 Å². The van der Waals surface area contributed by atoms with Crippen molar-refractivity contribution >= 4 is 58.7 Å². The third-order valence-corrected chi connectivity index (χ3v) is 16.1. The first-order valence-corrected chi connectivity index (χ1v) is 29.2. The highest BCUT2D eigenvalue weighted by atomic mass is 16.7. The molecule has 2 aliphatic heterocycles. The molecule has 0 radical (unpaired) electrons. The Bertz CT molecular complexity index is 3170. The number of phenols is 3. The zero-order valence-electron chi connectivity index (χ0n) is 50.3. The zero-order chi connectivity index (χ0) is 64.6. The van der Waals surface area contributed by atoms with Crippen molar-refractivity contribution in [2.24, 2.45) is 11.8 Å². The Morgan fingerprint density at radius 1 is 0.784 bits per heavy atom. The van der Waals surface area contributed by atoms with Crippen LogP contribution in [-0.2, 0) is 65.4 Å². The fourth-order valence-corrected chi connectivity index (χ4v) is 11.7. The van der Waals surface area contributed by atoms with Gasteiger partial charge in [-0.3, -0.25) is 47.9 Å². The van der Waals surface area contributed by atoms with Gasteiger partial charge in [-0.1, -0.05) is 52.0 Å². The summed E-state index contributed by atoms with van der Waals surface area (Å²) < 4.78 is 23.0. The molecule has 11 atom stereocenters. The molecule has 27 heteroatoms. The highest BCUT2D eigenvalue weighted by molar-refractivity contribution is 6.31. The van der Waals surface area contributed by atoms with Gasteiger partial charge in [0.25, 0.3) is 0 Å². The van der Waals surface area contributed by atoms with Crippen molar-refractivity contribution < 1.29 is 97.5 Å². The van der Waals surface area contributed by atoms with Gasteiger partial charge in [-0.15, -0.1) is 0 Å². The van der Waals surface area contributed by atoms with E-state index in [1.165, 1.54) is 75.4 Å². The van der Waals surface area contributed by atoms with Gasteiger partial charge in [0.2, 0.25) is 47.1 Å². The maximum Gasteiger partial charge on any atom is 0.245 e. The predicted molar refractivity (Wildman–Crippen MR) is 309 cm³/mol. The number of phenolic OH excluding ortho intramolecular Hbond substituents is 3. The Balaban J connectivity index is 1.07. The number of aliphatic hydroxyl groups excluding tert-OH is 2. The summed E-state index contributed by atoms with van der Waals surface area (Å²) in [6.45, 7) is 8.19. The number of methoxy groups -OCH3 is 2. The maximum absolute atomic E-state index is 14.6. The highest BCUT2D eigenvalue weighted by Gasteiger charge is 2.51. The van der Waals surface area contributed by atoms with E-state index in [1.807, 2.05) is 13.8 Å². The standard InChI is InChI=1S/C61H79N7O20/c1-28(2)19-37(67-60(83)41-12-10-18-68(41)31(6)70)56(79)62-25-45(73)63-40(27-85-7)59(82)66-39(21-32-14-16-33(71)17-15-32)58(81)65-38(20-29(3)4)57(80)64-36-22-46(87-30(5)51(36)74)88-43-24-61(84,44(72)26-69)23-35-48(43)55(78)50-49(53(35)76)52(75)34-11-9-13-42(86-8)47(34)54(50)77/h9,11,13-17,28-30,36-41,43,46,51,69,71,74,76,78,84H,10,12,18-27H2,1-8H3,(H,62,79)(H,63,73)(H,64,80)(H,65,81)(H,66,82)(H,67,83)/t30-,36-,37-,38-,39-,40-,41-,43-,46-,51+,61-/m0/s1. The molecule has 0 aromatic heterocycles. The number of likely N-dealkylation sites (tertiary alicyclic amines) is 1. The molecule has 2 aliphatic carbocycles. The Kier molecular flexibility index (Phi) is 22.1. The first kappa shape index (κ1) is 67.4. The molecule has 4 aliphatic rings. The van der Waals surface area contributed by atoms with E-state index < -0.39 is 174 Å². The summed E-state index contributed by atoms with van der Waals surface area (Å²) in [5, 5.41) is 83.0. The number of hydrogen-bond donors (Lipinski definition) is 12. The number of Topliss-reactive ketones (excluding diaryl/α,β-unsaturated/α-hetero) is 1. The number of benzene rings is 3. The molecule has 0 unspecified atom stereocenters. The van der Waals surface area contributed by atoms with Gasteiger partial charge in [0.15, 0.2) is 17.9 Å². The summed E-state index contributed by atoms with van der Waals surface area (Å²) in [6, 6.07) is 2.57. The van der Waals surface area contributed by atoms with Gasteiger partial charge in [-0.2, -0.15) is 0 Å².